The number of nitrogens with zero attached hydrogens (tertiary/aromatic N) is 2. The van der Waals surface area contributed by atoms with E-state index in [4.69, 9.17) is 21.9 Å². The van der Waals surface area contributed by atoms with Crippen LogP contribution in [-0.4, -0.2) is 10.1 Å². The summed E-state index contributed by atoms with van der Waals surface area (Å²) < 4.78 is 5.28. The van der Waals surface area contributed by atoms with Crippen LogP contribution < -0.4 is 5.73 Å². The molecular formula is C16H14ClN3O. The molecule has 106 valence electrons. The predicted octanol–water partition coefficient (Wildman–Crippen LogP) is 3.76. The van der Waals surface area contributed by atoms with Crippen molar-refractivity contribution in [2.45, 2.75) is 12.8 Å². The van der Waals surface area contributed by atoms with Crippen molar-refractivity contribution in [3.63, 3.8) is 0 Å². The average molecular weight is 300 g/mol. The molecule has 0 aliphatic carbocycles. The molecule has 2 aromatic carbocycles. The Labute approximate surface area is 127 Å². The van der Waals surface area contributed by atoms with Gasteiger partial charge in [-0.1, -0.05) is 47.1 Å². The Morgan fingerprint density at radius 2 is 1.76 bits per heavy atom. The van der Waals surface area contributed by atoms with E-state index in [9.17, 15) is 0 Å². The van der Waals surface area contributed by atoms with Gasteiger partial charge in [-0.05, 0) is 30.2 Å². The van der Waals surface area contributed by atoms with Gasteiger partial charge in [-0.3, -0.25) is 0 Å². The van der Waals surface area contributed by atoms with E-state index in [0.717, 1.165) is 23.2 Å². The van der Waals surface area contributed by atoms with Gasteiger partial charge in [0.15, 0.2) is 0 Å². The first kappa shape index (κ1) is 13.6. The minimum Gasteiger partial charge on any atom is -0.399 e. The van der Waals surface area contributed by atoms with Gasteiger partial charge in [-0.15, -0.1) is 0 Å². The van der Waals surface area contributed by atoms with E-state index in [1.165, 1.54) is 0 Å². The van der Waals surface area contributed by atoms with Crippen molar-refractivity contribution in [1.29, 1.82) is 0 Å². The normalized spacial score (nSPS) is 10.7. The maximum Gasteiger partial charge on any atom is 0.227 e. The number of hydrogen-bond donors (Lipinski definition) is 1. The van der Waals surface area contributed by atoms with Gasteiger partial charge in [0.1, 0.15) is 0 Å². The predicted molar refractivity (Wildman–Crippen MR) is 83.0 cm³/mol. The number of para-hydroxylation sites is 1. The highest BCUT2D eigenvalue weighted by Gasteiger charge is 2.11. The number of rotatable bonds is 4. The molecular weight excluding hydrogens is 286 g/mol. The standard InChI is InChI=1S/C16H14ClN3O/c17-13-7-3-2-6-12(13)16-19-15(21-20-16)10-9-11-5-1-4-8-14(11)18/h1-8H,9-10,18H2. The zero-order valence-corrected chi connectivity index (χ0v) is 12.0. The van der Waals surface area contributed by atoms with E-state index in [2.05, 4.69) is 10.1 Å². The second kappa shape index (κ2) is 5.97. The van der Waals surface area contributed by atoms with Crippen LogP contribution >= 0.6 is 11.6 Å². The van der Waals surface area contributed by atoms with Gasteiger partial charge in [0.25, 0.3) is 0 Å². The lowest BCUT2D eigenvalue weighted by molar-refractivity contribution is 0.379. The van der Waals surface area contributed by atoms with E-state index in [1.807, 2.05) is 42.5 Å². The molecule has 1 heterocycles. The van der Waals surface area contributed by atoms with Crippen molar-refractivity contribution in [3.8, 4) is 11.4 Å². The van der Waals surface area contributed by atoms with Gasteiger partial charge < -0.3 is 10.3 Å². The highest BCUT2D eigenvalue weighted by atomic mass is 35.5. The summed E-state index contributed by atoms with van der Waals surface area (Å²) >= 11 is 6.12. The molecule has 0 radical (unpaired) electrons. The van der Waals surface area contributed by atoms with Gasteiger partial charge in [-0.25, -0.2) is 0 Å². The lowest BCUT2D eigenvalue weighted by atomic mass is 10.1. The monoisotopic (exact) mass is 299 g/mol. The number of halogens is 1. The largest absolute Gasteiger partial charge is 0.399 e. The molecule has 3 aromatic rings. The third-order valence-corrected chi connectivity index (χ3v) is 3.58. The Kier molecular flexibility index (Phi) is 3.88. The van der Waals surface area contributed by atoms with Gasteiger partial charge in [0, 0.05) is 17.7 Å². The molecule has 0 fully saturated rings. The number of aryl methyl sites for hydroxylation is 2. The van der Waals surface area contributed by atoms with Crippen LogP contribution in [0.3, 0.4) is 0 Å². The van der Waals surface area contributed by atoms with E-state index in [0.29, 0.717) is 23.2 Å². The second-order valence-corrected chi connectivity index (χ2v) is 5.10. The Bertz CT molecular complexity index is 755. The number of hydrogen-bond acceptors (Lipinski definition) is 4. The molecule has 4 nitrogen and oxygen atoms in total. The van der Waals surface area contributed by atoms with Crippen LogP contribution in [-0.2, 0) is 12.8 Å². The van der Waals surface area contributed by atoms with Crippen LogP contribution in [0.15, 0.2) is 53.1 Å². The van der Waals surface area contributed by atoms with Crippen molar-refractivity contribution >= 4 is 17.3 Å². The fraction of sp³-hybridized carbons (Fsp3) is 0.125. The van der Waals surface area contributed by atoms with E-state index >= 15 is 0 Å². The van der Waals surface area contributed by atoms with E-state index < -0.39 is 0 Å². The number of anilines is 1. The summed E-state index contributed by atoms with van der Waals surface area (Å²) in [5.41, 5.74) is 8.55. The van der Waals surface area contributed by atoms with E-state index in [-0.39, 0.29) is 0 Å². The van der Waals surface area contributed by atoms with Crippen LogP contribution in [0.5, 0.6) is 0 Å². The zero-order valence-electron chi connectivity index (χ0n) is 11.3. The molecule has 0 aliphatic rings. The summed E-state index contributed by atoms with van der Waals surface area (Å²) in [5, 5.41) is 4.59. The van der Waals surface area contributed by atoms with Crippen LogP contribution in [0.1, 0.15) is 11.5 Å². The minimum atomic E-state index is 0.511. The molecule has 0 aliphatic heterocycles. The topological polar surface area (TPSA) is 64.9 Å². The molecule has 21 heavy (non-hydrogen) atoms. The highest BCUT2D eigenvalue weighted by molar-refractivity contribution is 6.33. The average Bonchev–Trinajstić information content (AvgIpc) is 2.96. The molecule has 0 bridgehead atoms. The van der Waals surface area contributed by atoms with Crippen molar-refractivity contribution in [1.82, 2.24) is 10.1 Å². The molecule has 0 unspecified atom stereocenters. The Hall–Kier alpha value is -2.33. The first-order chi connectivity index (χ1) is 10.2. The van der Waals surface area contributed by atoms with Gasteiger partial charge in [0.2, 0.25) is 11.7 Å². The molecule has 0 amide bonds. The SMILES string of the molecule is Nc1ccccc1CCc1nc(-c2ccccc2Cl)no1. The zero-order chi connectivity index (χ0) is 14.7. The maximum atomic E-state index is 6.12. The summed E-state index contributed by atoms with van der Waals surface area (Å²) in [6.45, 7) is 0. The molecule has 0 saturated carbocycles. The van der Waals surface area contributed by atoms with Crippen molar-refractivity contribution in [2.24, 2.45) is 0 Å². The lowest BCUT2D eigenvalue weighted by Crippen LogP contribution is -1.97. The molecule has 1 aromatic heterocycles. The fourth-order valence-corrected chi connectivity index (χ4v) is 2.33. The van der Waals surface area contributed by atoms with Crippen molar-refractivity contribution in [2.75, 3.05) is 5.73 Å². The van der Waals surface area contributed by atoms with Gasteiger partial charge >= 0.3 is 0 Å². The number of nitrogen functional groups attached to an aromatic ring is 1. The van der Waals surface area contributed by atoms with Crippen LogP contribution in [0, 0.1) is 0 Å². The van der Waals surface area contributed by atoms with E-state index in [1.54, 1.807) is 6.07 Å². The second-order valence-electron chi connectivity index (χ2n) is 4.69. The Balaban J connectivity index is 1.74. The van der Waals surface area contributed by atoms with Crippen LogP contribution in [0.4, 0.5) is 5.69 Å². The summed E-state index contributed by atoms with van der Waals surface area (Å²) in [4.78, 5) is 4.38. The molecule has 0 spiro atoms. The van der Waals surface area contributed by atoms with Crippen molar-refractivity contribution < 1.29 is 4.52 Å². The Morgan fingerprint density at radius 1 is 1.00 bits per heavy atom. The molecule has 2 N–H and O–H groups in total. The number of nitrogens with two attached hydrogens (primary N) is 1. The van der Waals surface area contributed by atoms with Gasteiger partial charge in [-0.2, -0.15) is 4.98 Å². The fourth-order valence-electron chi connectivity index (χ4n) is 2.11. The maximum absolute atomic E-state index is 6.12. The summed E-state index contributed by atoms with van der Waals surface area (Å²) in [7, 11) is 0. The lowest BCUT2D eigenvalue weighted by Gasteiger charge is -2.02. The highest BCUT2D eigenvalue weighted by Crippen LogP contribution is 2.25. The minimum absolute atomic E-state index is 0.511. The third-order valence-electron chi connectivity index (χ3n) is 3.25. The smallest absolute Gasteiger partial charge is 0.227 e. The summed E-state index contributed by atoms with van der Waals surface area (Å²) in [5.74, 6) is 1.09. The first-order valence-corrected chi connectivity index (χ1v) is 7.02. The number of aromatic nitrogens is 2. The summed E-state index contributed by atoms with van der Waals surface area (Å²) in [6.07, 6.45) is 1.41. The summed E-state index contributed by atoms with van der Waals surface area (Å²) in [6, 6.07) is 15.2. The molecule has 0 atom stereocenters. The Morgan fingerprint density at radius 3 is 2.57 bits per heavy atom. The quantitative estimate of drug-likeness (QED) is 0.745. The first-order valence-electron chi connectivity index (χ1n) is 6.65. The molecule has 0 saturated heterocycles. The van der Waals surface area contributed by atoms with Crippen LogP contribution in [0.25, 0.3) is 11.4 Å². The third kappa shape index (κ3) is 3.06. The number of benzene rings is 2. The van der Waals surface area contributed by atoms with Gasteiger partial charge in [0.05, 0.1) is 5.02 Å². The molecule has 3 rings (SSSR count). The van der Waals surface area contributed by atoms with Crippen LogP contribution in [0.2, 0.25) is 5.02 Å². The van der Waals surface area contributed by atoms with Crippen molar-refractivity contribution in [3.05, 3.63) is 65.0 Å². The molecule has 5 heteroatoms.